The summed E-state index contributed by atoms with van der Waals surface area (Å²) in [6, 6.07) is 7.69. The van der Waals surface area contributed by atoms with Crippen molar-refractivity contribution in [1.29, 1.82) is 0 Å². The number of hydrogen-bond donors (Lipinski definition) is 1. The van der Waals surface area contributed by atoms with Crippen LogP contribution in [0.5, 0.6) is 5.75 Å². The molecule has 0 aliphatic rings. The maximum absolute atomic E-state index is 5.27. The van der Waals surface area contributed by atoms with E-state index in [1.165, 1.54) is 6.33 Å². The number of ether oxygens (including phenoxy) is 1. The number of hydrogen-bond acceptors (Lipinski definition) is 4. The van der Waals surface area contributed by atoms with E-state index in [9.17, 15) is 0 Å². The fourth-order valence-corrected chi connectivity index (χ4v) is 1.79. The zero-order chi connectivity index (χ0) is 12.1. The number of rotatable bonds is 4. The molecule has 0 spiro atoms. The molecule has 0 aliphatic heterocycles. The second-order valence-electron chi connectivity index (χ2n) is 3.40. The van der Waals surface area contributed by atoms with Gasteiger partial charge in [0.05, 0.1) is 25.0 Å². The molecule has 0 unspecified atom stereocenters. The van der Waals surface area contributed by atoms with Crippen LogP contribution >= 0.6 is 15.9 Å². The van der Waals surface area contributed by atoms with Crippen molar-refractivity contribution >= 4 is 21.6 Å². The van der Waals surface area contributed by atoms with Gasteiger partial charge in [0.15, 0.2) is 0 Å². The molecule has 1 heterocycles. The molecule has 2 aromatic rings. The van der Waals surface area contributed by atoms with Crippen molar-refractivity contribution in [3.63, 3.8) is 0 Å². The molecule has 0 radical (unpaired) electrons. The Labute approximate surface area is 108 Å². The number of nitrogens with one attached hydrogen (secondary N) is 1. The van der Waals surface area contributed by atoms with Crippen LogP contribution in [0.1, 0.15) is 5.69 Å². The number of benzene rings is 1. The fourth-order valence-electron chi connectivity index (χ4n) is 1.43. The summed E-state index contributed by atoms with van der Waals surface area (Å²) in [5.74, 6) is 0.808. The van der Waals surface area contributed by atoms with Crippen LogP contribution in [-0.4, -0.2) is 17.1 Å². The van der Waals surface area contributed by atoms with E-state index in [-0.39, 0.29) is 0 Å². The lowest BCUT2D eigenvalue weighted by molar-refractivity contribution is 0.416. The first-order valence-electron chi connectivity index (χ1n) is 5.12. The molecule has 0 bridgehead atoms. The van der Waals surface area contributed by atoms with Crippen molar-refractivity contribution in [3.8, 4) is 5.75 Å². The molecule has 2 rings (SSSR count). The smallest absolute Gasteiger partial charge is 0.142 e. The van der Waals surface area contributed by atoms with E-state index in [2.05, 4.69) is 31.2 Å². The molecular weight excluding hydrogens is 282 g/mol. The van der Waals surface area contributed by atoms with Crippen molar-refractivity contribution < 1.29 is 4.74 Å². The normalized spacial score (nSPS) is 10.0. The molecule has 0 amide bonds. The van der Waals surface area contributed by atoms with Crippen molar-refractivity contribution in [2.45, 2.75) is 6.54 Å². The zero-order valence-corrected chi connectivity index (χ0v) is 10.9. The lowest BCUT2D eigenvalue weighted by Crippen LogP contribution is -2.03. The highest BCUT2D eigenvalue weighted by Crippen LogP contribution is 2.28. The van der Waals surface area contributed by atoms with Gasteiger partial charge in [-0.1, -0.05) is 15.9 Å². The maximum Gasteiger partial charge on any atom is 0.142 e. The van der Waals surface area contributed by atoms with Gasteiger partial charge in [0.2, 0.25) is 0 Å². The third kappa shape index (κ3) is 3.17. The van der Waals surface area contributed by atoms with E-state index in [0.29, 0.717) is 6.54 Å². The van der Waals surface area contributed by atoms with Gasteiger partial charge in [-0.3, -0.25) is 0 Å². The molecule has 0 fully saturated rings. The summed E-state index contributed by atoms with van der Waals surface area (Å²) in [5.41, 5.74) is 1.86. The summed E-state index contributed by atoms with van der Waals surface area (Å²) in [5, 5.41) is 3.28. The van der Waals surface area contributed by atoms with Crippen LogP contribution < -0.4 is 10.1 Å². The highest BCUT2D eigenvalue weighted by molar-refractivity contribution is 9.10. The van der Waals surface area contributed by atoms with E-state index in [0.717, 1.165) is 21.6 Å². The van der Waals surface area contributed by atoms with Gasteiger partial charge in [0.1, 0.15) is 12.1 Å². The second kappa shape index (κ2) is 5.63. The van der Waals surface area contributed by atoms with Gasteiger partial charge in [0.25, 0.3) is 0 Å². The van der Waals surface area contributed by atoms with Gasteiger partial charge in [-0.05, 0) is 24.3 Å². The quantitative estimate of drug-likeness (QED) is 0.942. The van der Waals surface area contributed by atoms with Gasteiger partial charge < -0.3 is 10.1 Å². The summed E-state index contributed by atoms with van der Waals surface area (Å²) in [7, 11) is 1.65. The molecular formula is C12H12BrN3O. The molecule has 17 heavy (non-hydrogen) atoms. The average Bonchev–Trinajstić information content (AvgIpc) is 2.38. The Balaban J connectivity index is 2.11. The standard InChI is InChI=1S/C12H12BrN3O/c1-17-12-3-2-9(13)6-11(12)15-7-10-4-5-14-8-16-10/h2-6,8,15H,7H2,1H3. The molecule has 0 atom stereocenters. The summed E-state index contributed by atoms with van der Waals surface area (Å²) < 4.78 is 6.28. The Morgan fingerprint density at radius 3 is 2.94 bits per heavy atom. The lowest BCUT2D eigenvalue weighted by atomic mass is 10.3. The Hall–Kier alpha value is -1.62. The van der Waals surface area contributed by atoms with Crippen LogP contribution in [0.3, 0.4) is 0 Å². The number of halogens is 1. The van der Waals surface area contributed by atoms with E-state index in [4.69, 9.17) is 4.74 Å². The Morgan fingerprint density at radius 1 is 1.35 bits per heavy atom. The first kappa shape index (κ1) is 11.9. The minimum atomic E-state index is 0.634. The van der Waals surface area contributed by atoms with E-state index in [1.807, 2.05) is 24.3 Å². The highest BCUT2D eigenvalue weighted by atomic mass is 79.9. The molecule has 1 aromatic carbocycles. The van der Waals surface area contributed by atoms with Gasteiger partial charge >= 0.3 is 0 Å². The van der Waals surface area contributed by atoms with E-state index in [1.54, 1.807) is 13.3 Å². The summed E-state index contributed by atoms with van der Waals surface area (Å²) >= 11 is 3.43. The van der Waals surface area contributed by atoms with E-state index < -0.39 is 0 Å². The van der Waals surface area contributed by atoms with Gasteiger partial charge in [-0.25, -0.2) is 9.97 Å². The van der Waals surface area contributed by atoms with Crippen molar-refractivity contribution in [2.75, 3.05) is 12.4 Å². The van der Waals surface area contributed by atoms with Crippen LogP contribution in [0.4, 0.5) is 5.69 Å². The molecule has 1 aromatic heterocycles. The summed E-state index contributed by atoms with van der Waals surface area (Å²) in [6.45, 7) is 0.634. The maximum atomic E-state index is 5.27. The third-order valence-corrected chi connectivity index (χ3v) is 2.76. The first-order valence-corrected chi connectivity index (χ1v) is 5.91. The Kier molecular flexibility index (Phi) is 3.93. The zero-order valence-electron chi connectivity index (χ0n) is 9.35. The molecule has 5 heteroatoms. The molecule has 1 N–H and O–H groups in total. The molecule has 88 valence electrons. The summed E-state index contributed by atoms with van der Waals surface area (Å²) in [6.07, 6.45) is 3.26. The van der Waals surface area contributed by atoms with Crippen LogP contribution in [0.25, 0.3) is 0 Å². The van der Waals surface area contributed by atoms with Gasteiger partial charge in [0, 0.05) is 10.7 Å². The number of anilines is 1. The van der Waals surface area contributed by atoms with Crippen LogP contribution in [0.15, 0.2) is 41.3 Å². The summed E-state index contributed by atoms with van der Waals surface area (Å²) in [4.78, 5) is 8.02. The SMILES string of the molecule is COc1ccc(Br)cc1NCc1ccncn1. The predicted molar refractivity (Wildman–Crippen MR) is 70.1 cm³/mol. The fraction of sp³-hybridized carbons (Fsp3) is 0.167. The molecule has 0 aliphatic carbocycles. The Bertz CT molecular complexity index is 490. The highest BCUT2D eigenvalue weighted by Gasteiger charge is 2.03. The second-order valence-corrected chi connectivity index (χ2v) is 4.31. The Morgan fingerprint density at radius 2 is 2.24 bits per heavy atom. The topological polar surface area (TPSA) is 47.0 Å². The lowest BCUT2D eigenvalue weighted by Gasteiger charge is -2.11. The monoisotopic (exact) mass is 293 g/mol. The van der Waals surface area contributed by atoms with E-state index >= 15 is 0 Å². The number of nitrogens with zero attached hydrogens (tertiary/aromatic N) is 2. The minimum Gasteiger partial charge on any atom is -0.495 e. The van der Waals surface area contributed by atoms with Gasteiger partial charge in [-0.2, -0.15) is 0 Å². The van der Waals surface area contributed by atoms with Crippen LogP contribution in [-0.2, 0) is 6.54 Å². The molecule has 4 nitrogen and oxygen atoms in total. The number of methoxy groups -OCH3 is 1. The predicted octanol–water partition coefficient (Wildman–Crippen LogP) is 2.86. The van der Waals surface area contributed by atoms with Crippen LogP contribution in [0, 0.1) is 0 Å². The largest absolute Gasteiger partial charge is 0.495 e. The third-order valence-electron chi connectivity index (χ3n) is 2.26. The van der Waals surface area contributed by atoms with Crippen molar-refractivity contribution in [3.05, 3.63) is 47.0 Å². The van der Waals surface area contributed by atoms with Gasteiger partial charge in [-0.15, -0.1) is 0 Å². The van der Waals surface area contributed by atoms with Crippen molar-refractivity contribution in [1.82, 2.24) is 9.97 Å². The average molecular weight is 294 g/mol. The molecule has 0 saturated heterocycles. The molecule has 0 saturated carbocycles. The number of aromatic nitrogens is 2. The first-order chi connectivity index (χ1) is 8.29. The van der Waals surface area contributed by atoms with Crippen molar-refractivity contribution in [2.24, 2.45) is 0 Å². The minimum absolute atomic E-state index is 0.634. The van der Waals surface area contributed by atoms with Crippen LogP contribution in [0.2, 0.25) is 0 Å².